The van der Waals surface area contributed by atoms with E-state index in [9.17, 15) is 0 Å². The molecule has 0 amide bonds. The van der Waals surface area contributed by atoms with Crippen molar-refractivity contribution in [2.24, 2.45) is 0 Å². The molecule has 0 aliphatic heterocycles. The van der Waals surface area contributed by atoms with Crippen LogP contribution in [0.15, 0.2) is 30.3 Å². The van der Waals surface area contributed by atoms with Gasteiger partial charge in [0, 0.05) is 11.4 Å². The molecule has 2 rings (SSSR count). The Morgan fingerprint density at radius 2 is 2.00 bits per heavy atom. The van der Waals surface area contributed by atoms with Crippen molar-refractivity contribution < 1.29 is 0 Å². The number of nitrogen functional groups attached to an aromatic ring is 1. The summed E-state index contributed by atoms with van der Waals surface area (Å²) in [6, 6.07) is 10.2. The number of aryl methyl sites for hydroxylation is 2. The molecule has 3 heteroatoms. The van der Waals surface area contributed by atoms with E-state index in [0.717, 1.165) is 30.8 Å². The largest absolute Gasteiger partial charge is 0.399 e. The van der Waals surface area contributed by atoms with Crippen molar-refractivity contribution in [3.05, 3.63) is 47.3 Å². The molecule has 0 aliphatic carbocycles. The van der Waals surface area contributed by atoms with Crippen molar-refractivity contribution in [1.82, 2.24) is 9.78 Å². The van der Waals surface area contributed by atoms with Crippen LogP contribution in [0.25, 0.3) is 0 Å². The van der Waals surface area contributed by atoms with Crippen molar-refractivity contribution in [2.45, 2.75) is 33.2 Å². The lowest BCUT2D eigenvalue weighted by Crippen LogP contribution is -2.06. The maximum absolute atomic E-state index is 5.78. The number of benzene rings is 1. The molecule has 0 saturated heterocycles. The predicted octanol–water partition coefficient (Wildman–Crippen LogP) is 2.64. The summed E-state index contributed by atoms with van der Waals surface area (Å²) in [7, 11) is 0. The van der Waals surface area contributed by atoms with Crippen LogP contribution in [0.2, 0.25) is 0 Å². The van der Waals surface area contributed by atoms with Gasteiger partial charge in [-0.25, -0.2) is 0 Å². The molecule has 3 nitrogen and oxygen atoms in total. The van der Waals surface area contributed by atoms with Gasteiger partial charge in [-0.15, -0.1) is 0 Å². The van der Waals surface area contributed by atoms with Crippen LogP contribution in [0.3, 0.4) is 0 Å². The number of nitrogens with zero attached hydrogens (tertiary/aromatic N) is 2. The van der Waals surface area contributed by atoms with E-state index in [2.05, 4.69) is 35.8 Å². The lowest BCUT2D eigenvalue weighted by atomic mass is 10.2. The molecule has 0 aliphatic rings. The number of hydrogen-bond donors (Lipinski definition) is 1. The lowest BCUT2D eigenvalue weighted by molar-refractivity contribution is 0.640. The average Bonchev–Trinajstić information content (AvgIpc) is 2.71. The molecule has 1 aromatic heterocycles. The number of aromatic nitrogens is 2. The van der Waals surface area contributed by atoms with E-state index in [-0.39, 0.29) is 0 Å². The zero-order valence-electron chi connectivity index (χ0n) is 10.5. The van der Waals surface area contributed by atoms with Crippen molar-refractivity contribution in [3.63, 3.8) is 0 Å². The van der Waals surface area contributed by atoms with E-state index >= 15 is 0 Å². The van der Waals surface area contributed by atoms with Crippen molar-refractivity contribution in [2.75, 3.05) is 5.73 Å². The Morgan fingerprint density at radius 1 is 1.18 bits per heavy atom. The quantitative estimate of drug-likeness (QED) is 0.819. The summed E-state index contributed by atoms with van der Waals surface area (Å²) in [4.78, 5) is 0. The minimum atomic E-state index is 0.800. The Hall–Kier alpha value is -1.77. The standard InChI is InChI=1S/C14H19N3/c1-3-13-9-14(4-2)17(16-13)10-11-6-5-7-12(15)8-11/h5-9H,3-4,10,15H2,1-2H3. The highest BCUT2D eigenvalue weighted by Crippen LogP contribution is 2.12. The van der Waals surface area contributed by atoms with Gasteiger partial charge in [0.2, 0.25) is 0 Å². The van der Waals surface area contributed by atoms with Crippen LogP contribution in [0.4, 0.5) is 5.69 Å². The number of anilines is 1. The van der Waals surface area contributed by atoms with Gasteiger partial charge < -0.3 is 5.73 Å². The zero-order chi connectivity index (χ0) is 12.3. The molecule has 0 atom stereocenters. The fraction of sp³-hybridized carbons (Fsp3) is 0.357. The van der Waals surface area contributed by atoms with E-state index < -0.39 is 0 Å². The van der Waals surface area contributed by atoms with Crippen LogP contribution in [0.1, 0.15) is 30.8 Å². The van der Waals surface area contributed by atoms with Gasteiger partial charge in [0.15, 0.2) is 0 Å². The first kappa shape index (κ1) is 11.7. The first-order valence-electron chi connectivity index (χ1n) is 6.13. The normalized spacial score (nSPS) is 10.7. The minimum absolute atomic E-state index is 0.800. The van der Waals surface area contributed by atoms with Gasteiger partial charge >= 0.3 is 0 Å². The lowest BCUT2D eigenvalue weighted by Gasteiger charge is -2.06. The Balaban J connectivity index is 2.25. The van der Waals surface area contributed by atoms with Crippen LogP contribution >= 0.6 is 0 Å². The zero-order valence-corrected chi connectivity index (χ0v) is 10.5. The third kappa shape index (κ3) is 2.67. The Labute approximate surface area is 102 Å². The highest BCUT2D eigenvalue weighted by molar-refractivity contribution is 5.40. The maximum Gasteiger partial charge on any atom is 0.0663 e. The second-order valence-electron chi connectivity index (χ2n) is 4.24. The molecule has 0 unspecified atom stereocenters. The highest BCUT2D eigenvalue weighted by Gasteiger charge is 2.05. The molecule has 1 heterocycles. The summed E-state index contributed by atoms with van der Waals surface area (Å²) in [5.41, 5.74) is 10.2. The molecule has 2 N–H and O–H groups in total. The van der Waals surface area contributed by atoms with Crippen LogP contribution in [-0.2, 0) is 19.4 Å². The molecule has 0 bridgehead atoms. The van der Waals surface area contributed by atoms with Gasteiger partial charge in [0.05, 0.1) is 12.2 Å². The molecule has 90 valence electrons. The number of nitrogens with two attached hydrogens (primary N) is 1. The molecule has 2 aromatic rings. The van der Waals surface area contributed by atoms with Gasteiger partial charge in [-0.3, -0.25) is 4.68 Å². The third-order valence-electron chi connectivity index (χ3n) is 2.92. The van der Waals surface area contributed by atoms with E-state index in [1.165, 1.54) is 11.3 Å². The summed E-state index contributed by atoms with van der Waals surface area (Å²) in [5.74, 6) is 0. The van der Waals surface area contributed by atoms with Crippen molar-refractivity contribution in [1.29, 1.82) is 0 Å². The van der Waals surface area contributed by atoms with Gasteiger partial charge in [0.25, 0.3) is 0 Å². The third-order valence-corrected chi connectivity index (χ3v) is 2.92. The van der Waals surface area contributed by atoms with E-state index in [4.69, 9.17) is 5.73 Å². The second-order valence-corrected chi connectivity index (χ2v) is 4.24. The van der Waals surface area contributed by atoms with E-state index in [0.29, 0.717) is 0 Å². The summed E-state index contributed by atoms with van der Waals surface area (Å²) in [6.07, 6.45) is 1.99. The fourth-order valence-corrected chi connectivity index (χ4v) is 1.97. The van der Waals surface area contributed by atoms with E-state index in [1.54, 1.807) is 0 Å². The molecular formula is C14H19N3. The second kappa shape index (κ2) is 5.04. The van der Waals surface area contributed by atoms with Gasteiger partial charge in [0.1, 0.15) is 0 Å². The Bertz CT molecular complexity index is 500. The highest BCUT2D eigenvalue weighted by atomic mass is 15.3. The average molecular weight is 229 g/mol. The van der Waals surface area contributed by atoms with Gasteiger partial charge in [-0.2, -0.15) is 5.10 Å². The fourth-order valence-electron chi connectivity index (χ4n) is 1.97. The minimum Gasteiger partial charge on any atom is -0.399 e. The molecule has 0 spiro atoms. The van der Waals surface area contributed by atoms with Gasteiger partial charge in [-0.1, -0.05) is 26.0 Å². The van der Waals surface area contributed by atoms with Crippen LogP contribution in [-0.4, -0.2) is 9.78 Å². The molecule has 1 aromatic carbocycles. The first-order valence-corrected chi connectivity index (χ1v) is 6.13. The molecule has 0 saturated carbocycles. The van der Waals surface area contributed by atoms with Crippen molar-refractivity contribution >= 4 is 5.69 Å². The van der Waals surface area contributed by atoms with Crippen LogP contribution in [0, 0.1) is 0 Å². The number of rotatable bonds is 4. The Morgan fingerprint density at radius 3 is 2.65 bits per heavy atom. The molecule has 0 fully saturated rings. The Kier molecular flexibility index (Phi) is 3.47. The number of hydrogen-bond acceptors (Lipinski definition) is 2. The SMILES string of the molecule is CCc1cc(CC)n(Cc2cccc(N)c2)n1. The van der Waals surface area contributed by atoms with Crippen LogP contribution < -0.4 is 5.73 Å². The summed E-state index contributed by atoms with van der Waals surface area (Å²) < 4.78 is 2.08. The predicted molar refractivity (Wildman–Crippen MR) is 70.9 cm³/mol. The van der Waals surface area contributed by atoms with Crippen LogP contribution in [0.5, 0.6) is 0 Å². The van der Waals surface area contributed by atoms with E-state index in [1.807, 2.05) is 18.2 Å². The van der Waals surface area contributed by atoms with Gasteiger partial charge in [-0.05, 0) is 36.6 Å². The first-order chi connectivity index (χ1) is 8.22. The summed E-state index contributed by atoms with van der Waals surface area (Å²) in [5, 5.41) is 4.60. The monoisotopic (exact) mass is 229 g/mol. The van der Waals surface area contributed by atoms with Crippen molar-refractivity contribution in [3.8, 4) is 0 Å². The molecule has 0 radical (unpaired) electrons. The smallest absolute Gasteiger partial charge is 0.0663 e. The summed E-state index contributed by atoms with van der Waals surface area (Å²) in [6.45, 7) is 5.09. The molecular weight excluding hydrogens is 210 g/mol. The topological polar surface area (TPSA) is 43.8 Å². The summed E-state index contributed by atoms with van der Waals surface area (Å²) >= 11 is 0. The molecule has 17 heavy (non-hydrogen) atoms. The maximum atomic E-state index is 5.78.